The first-order valence-corrected chi connectivity index (χ1v) is 10.2. The minimum Gasteiger partial charge on any atom is -0.457 e. The van der Waals surface area contributed by atoms with Crippen LogP contribution < -0.4 is 5.32 Å². The van der Waals surface area contributed by atoms with Gasteiger partial charge in [0, 0.05) is 6.92 Å². The standard InChI is InChI=1S/C20H25N5O7/c1-3-4-5-8-30-19(29)24-18-13-6-7-15(25(13)23-11-22-18)20(10-21)17(28)16(31-12(2)27)14(9-26)32-20/h6-7,11,14,16-17,26,28H,3-5,8-9H2,1-2H3,(H,22,23,24,29)/t14-,16-,17-,20+/m1/s1. The topological polar surface area (TPSA) is 168 Å². The summed E-state index contributed by atoms with van der Waals surface area (Å²) in [5.74, 6) is -0.571. The summed E-state index contributed by atoms with van der Waals surface area (Å²) in [5.41, 5.74) is -1.57. The number of aliphatic hydroxyl groups excluding tert-OH is 2. The molecule has 2 aromatic rings. The maximum absolute atomic E-state index is 12.1. The predicted octanol–water partition coefficient (Wildman–Crippen LogP) is 0.871. The summed E-state index contributed by atoms with van der Waals surface area (Å²) < 4.78 is 17.2. The number of carbonyl (C=O) groups is 2. The summed E-state index contributed by atoms with van der Waals surface area (Å²) in [6, 6.07) is 4.92. The SMILES string of the molecule is CCCCCOC(=O)Nc1ncnn2c([C@]3(C#N)O[C@H](CO)[C@@H](OC(C)=O)[C@H]3O)ccc12. The van der Waals surface area contributed by atoms with E-state index in [1.807, 2.05) is 13.0 Å². The molecule has 2 aromatic heterocycles. The molecule has 0 unspecified atom stereocenters. The molecule has 1 fully saturated rings. The first kappa shape index (κ1) is 23.4. The van der Waals surface area contributed by atoms with E-state index in [-0.39, 0.29) is 18.1 Å². The lowest BCUT2D eigenvalue weighted by Crippen LogP contribution is -2.42. The monoisotopic (exact) mass is 447 g/mol. The second-order valence-corrected chi connectivity index (χ2v) is 7.30. The van der Waals surface area contributed by atoms with Gasteiger partial charge < -0.3 is 24.4 Å². The lowest BCUT2D eigenvalue weighted by molar-refractivity contribution is -0.153. The molecule has 12 heteroatoms. The summed E-state index contributed by atoms with van der Waals surface area (Å²) in [6.07, 6.45) is -0.856. The molecule has 172 valence electrons. The number of aromatic nitrogens is 3. The number of nitriles is 1. The van der Waals surface area contributed by atoms with E-state index >= 15 is 0 Å². The van der Waals surface area contributed by atoms with Gasteiger partial charge in [0.2, 0.25) is 5.60 Å². The zero-order chi connectivity index (χ0) is 23.3. The van der Waals surface area contributed by atoms with Crippen LogP contribution in [0.2, 0.25) is 0 Å². The van der Waals surface area contributed by atoms with Crippen LogP contribution in [-0.4, -0.2) is 68.4 Å². The molecular weight excluding hydrogens is 422 g/mol. The number of fused-ring (bicyclic) bond motifs is 1. The Hall–Kier alpha value is -3.27. The van der Waals surface area contributed by atoms with Crippen LogP contribution in [0.5, 0.6) is 0 Å². The number of aliphatic hydroxyl groups is 2. The van der Waals surface area contributed by atoms with Crippen LogP contribution in [0.1, 0.15) is 38.8 Å². The highest BCUT2D eigenvalue weighted by molar-refractivity contribution is 5.88. The fourth-order valence-electron chi connectivity index (χ4n) is 3.61. The van der Waals surface area contributed by atoms with E-state index in [0.717, 1.165) is 32.5 Å². The van der Waals surface area contributed by atoms with Crippen molar-refractivity contribution >= 4 is 23.4 Å². The van der Waals surface area contributed by atoms with E-state index in [2.05, 4.69) is 15.4 Å². The molecular formula is C20H25N5O7. The molecule has 1 aliphatic rings. The average Bonchev–Trinajstić information content (AvgIpc) is 3.32. The Labute approximate surface area is 183 Å². The molecule has 0 bridgehead atoms. The maximum Gasteiger partial charge on any atom is 0.412 e. The van der Waals surface area contributed by atoms with Gasteiger partial charge in [-0.05, 0) is 18.6 Å². The van der Waals surface area contributed by atoms with Crippen molar-refractivity contribution in [3.63, 3.8) is 0 Å². The van der Waals surface area contributed by atoms with Gasteiger partial charge in [-0.15, -0.1) is 0 Å². The van der Waals surface area contributed by atoms with Crippen LogP contribution in [0, 0.1) is 11.3 Å². The van der Waals surface area contributed by atoms with Gasteiger partial charge in [0.15, 0.2) is 11.9 Å². The molecule has 32 heavy (non-hydrogen) atoms. The van der Waals surface area contributed by atoms with Gasteiger partial charge in [0.25, 0.3) is 0 Å². The zero-order valence-electron chi connectivity index (χ0n) is 17.7. The molecule has 3 N–H and O–H groups in total. The molecule has 1 saturated heterocycles. The quantitative estimate of drug-likeness (QED) is 0.390. The van der Waals surface area contributed by atoms with E-state index in [9.17, 15) is 25.1 Å². The van der Waals surface area contributed by atoms with E-state index in [0.29, 0.717) is 5.52 Å². The minimum atomic E-state index is -1.99. The van der Waals surface area contributed by atoms with Gasteiger partial charge >= 0.3 is 12.1 Å². The average molecular weight is 447 g/mol. The second-order valence-electron chi connectivity index (χ2n) is 7.30. The van der Waals surface area contributed by atoms with E-state index in [4.69, 9.17) is 14.2 Å². The largest absolute Gasteiger partial charge is 0.457 e. The zero-order valence-corrected chi connectivity index (χ0v) is 17.7. The number of unbranched alkanes of at least 4 members (excludes halogenated alkanes) is 2. The van der Waals surface area contributed by atoms with E-state index in [1.54, 1.807) is 0 Å². The van der Waals surface area contributed by atoms with E-state index in [1.165, 1.54) is 16.6 Å². The number of hydrogen-bond acceptors (Lipinski definition) is 10. The van der Waals surface area contributed by atoms with Gasteiger partial charge in [-0.3, -0.25) is 10.1 Å². The number of esters is 1. The molecule has 0 radical (unpaired) electrons. The minimum absolute atomic E-state index is 0.109. The number of amides is 1. The van der Waals surface area contributed by atoms with Gasteiger partial charge in [-0.1, -0.05) is 19.8 Å². The fraction of sp³-hybridized carbons (Fsp3) is 0.550. The maximum atomic E-state index is 12.1. The molecule has 0 aliphatic carbocycles. The lowest BCUT2D eigenvalue weighted by Gasteiger charge is -2.24. The van der Waals surface area contributed by atoms with Crippen molar-refractivity contribution in [2.75, 3.05) is 18.5 Å². The van der Waals surface area contributed by atoms with Crippen molar-refractivity contribution in [3.05, 3.63) is 24.2 Å². The highest BCUT2D eigenvalue weighted by Gasteiger charge is 2.59. The number of nitrogens with zero attached hydrogens (tertiary/aromatic N) is 4. The third-order valence-electron chi connectivity index (χ3n) is 5.11. The number of carbonyl (C=O) groups excluding carboxylic acids is 2. The Bertz CT molecular complexity index is 1020. The van der Waals surface area contributed by atoms with Crippen molar-refractivity contribution < 1.29 is 34.0 Å². The Morgan fingerprint density at radius 3 is 2.84 bits per heavy atom. The molecule has 1 aliphatic heterocycles. The van der Waals surface area contributed by atoms with Crippen molar-refractivity contribution in [1.82, 2.24) is 14.6 Å². The summed E-state index contributed by atoms with van der Waals surface area (Å²) in [5, 5.41) is 37.1. The molecule has 1 amide bonds. The summed E-state index contributed by atoms with van der Waals surface area (Å²) in [7, 11) is 0. The second kappa shape index (κ2) is 9.90. The molecule has 0 spiro atoms. The lowest BCUT2D eigenvalue weighted by atomic mass is 9.92. The van der Waals surface area contributed by atoms with Gasteiger partial charge in [-0.2, -0.15) is 10.4 Å². The van der Waals surface area contributed by atoms with Gasteiger partial charge in [0.1, 0.15) is 30.1 Å². The van der Waals surface area contributed by atoms with Crippen LogP contribution in [0.15, 0.2) is 18.5 Å². The van der Waals surface area contributed by atoms with Crippen LogP contribution in [0.4, 0.5) is 10.6 Å². The first-order chi connectivity index (χ1) is 15.4. The summed E-state index contributed by atoms with van der Waals surface area (Å²) >= 11 is 0. The predicted molar refractivity (Wildman–Crippen MR) is 108 cm³/mol. The van der Waals surface area contributed by atoms with Crippen LogP contribution in [-0.2, 0) is 24.6 Å². The highest BCUT2D eigenvalue weighted by atomic mass is 16.6. The van der Waals surface area contributed by atoms with Gasteiger partial charge in [0.05, 0.1) is 18.9 Å². The summed E-state index contributed by atoms with van der Waals surface area (Å²) in [6.45, 7) is 2.86. The Morgan fingerprint density at radius 1 is 1.41 bits per heavy atom. The Kier molecular flexibility index (Phi) is 7.24. The third-order valence-corrected chi connectivity index (χ3v) is 5.11. The normalized spacial score (nSPS) is 24.8. The molecule has 0 saturated carbocycles. The molecule has 3 rings (SSSR count). The number of rotatable bonds is 8. The van der Waals surface area contributed by atoms with Crippen molar-refractivity contribution in [2.24, 2.45) is 0 Å². The number of nitrogens with one attached hydrogen (secondary N) is 1. The van der Waals surface area contributed by atoms with Crippen LogP contribution in [0.3, 0.4) is 0 Å². The van der Waals surface area contributed by atoms with Crippen molar-refractivity contribution in [2.45, 2.75) is 57.0 Å². The van der Waals surface area contributed by atoms with Crippen LogP contribution >= 0.6 is 0 Å². The molecule has 0 aromatic carbocycles. The highest BCUT2D eigenvalue weighted by Crippen LogP contribution is 2.41. The third kappa shape index (κ3) is 4.36. The summed E-state index contributed by atoms with van der Waals surface area (Å²) in [4.78, 5) is 27.6. The Balaban J connectivity index is 1.91. The van der Waals surface area contributed by atoms with Gasteiger partial charge in [-0.25, -0.2) is 14.3 Å². The Morgan fingerprint density at radius 2 is 2.19 bits per heavy atom. The first-order valence-electron chi connectivity index (χ1n) is 10.2. The smallest absolute Gasteiger partial charge is 0.412 e. The number of hydrogen-bond donors (Lipinski definition) is 3. The molecule has 3 heterocycles. The van der Waals surface area contributed by atoms with Crippen molar-refractivity contribution in [1.29, 1.82) is 5.26 Å². The molecule has 4 atom stereocenters. The van der Waals surface area contributed by atoms with Crippen LogP contribution in [0.25, 0.3) is 5.52 Å². The van der Waals surface area contributed by atoms with Crippen molar-refractivity contribution in [3.8, 4) is 6.07 Å². The molecule has 12 nitrogen and oxygen atoms in total. The number of anilines is 1. The number of ether oxygens (including phenoxy) is 3. The fourth-order valence-corrected chi connectivity index (χ4v) is 3.61. The van der Waals surface area contributed by atoms with E-state index < -0.39 is 42.6 Å².